The van der Waals surface area contributed by atoms with E-state index in [1.807, 2.05) is 24.3 Å². The first-order valence-corrected chi connectivity index (χ1v) is 7.79. The Labute approximate surface area is 135 Å². The van der Waals surface area contributed by atoms with Gasteiger partial charge in [-0.2, -0.15) is 0 Å². The Kier molecular flexibility index (Phi) is 4.46. The average molecular weight is 316 g/mol. The van der Waals surface area contributed by atoms with Crippen molar-refractivity contribution in [2.45, 2.75) is 18.9 Å². The number of likely N-dealkylation sites (tertiary alicyclic amines) is 1. The molecule has 1 aliphatic rings. The van der Waals surface area contributed by atoms with Gasteiger partial charge in [-0.3, -0.25) is 4.90 Å². The molecule has 2 aromatic carbocycles. The van der Waals surface area contributed by atoms with Gasteiger partial charge in [-0.05, 0) is 54.3 Å². The van der Waals surface area contributed by atoms with Crippen molar-refractivity contribution in [3.63, 3.8) is 0 Å². The molecule has 3 rings (SSSR count). The second-order valence-corrected chi connectivity index (χ2v) is 6.21. The maximum Gasteiger partial charge on any atom is 0.335 e. The van der Waals surface area contributed by atoms with E-state index in [9.17, 15) is 4.79 Å². The molecule has 1 fully saturated rings. The van der Waals surface area contributed by atoms with Gasteiger partial charge in [0.25, 0.3) is 0 Å². The van der Waals surface area contributed by atoms with Crippen molar-refractivity contribution in [2.24, 2.45) is 0 Å². The van der Waals surface area contributed by atoms with E-state index >= 15 is 0 Å². The van der Waals surface area contributed by atoms with Crippen LogP contribution >= 0.6 is 11.6 Å². The molecule has 0 saturated carbocycles. The van der Waals surface area contributed by atoms with Gasteiger partial charge in [0.05, 0.1) is 5.56 Å². The van der Waals surface area contributed by atoms with E-state index in [1.165, 1.54) is 5.56 Å². The first kappa shape index (κ1) is 15.1. The second-order valence-electron chi connectivity index (χ2n) is 5.77. The Morgan fingerprint density at radius 3 is 2.45 bits per heavy atom. The molecule has 1 heterocycles. The Morgan fingerprint density at radius 2 is 1.82 bits per heavy atom. The minimum atomic E-state index is -0.879. The summed E-state index contributed by atoms with van der Waals surface area (Å²) in [5, 5.41) is 9.70. The van der Waals surface area contributed by atoms with Gasteiger partial charge in [-0.25, -0.2) is 4.79 Å². The molecule has 0 bridgehead atoms. The van der Waals surface area contributed by atoms with Gasteiger partial charge in [-0.1, -0.05) is 35.9 Å². The van der Waals surface area contributed by atoms with Gasteiger partial charge < -0.3 is 5.11 Å². The highest BCUT2D eigenvalue weighted by Gasteiger charge is 2.23. The van der Waals surface area contributed by atoms with Crippen LogP contribution in [0, 0.1) is 0 Å². The second kappa shape index (κ2) is 6.51. The molecular formula is C18H18ClNO2. The lowest BCUT2D eigenvalue weighted by atomic mass is 9.99. The molecule has 0 radical (unpaired) electrons. The summed E-state index contributed by atoms with van der Waals surface area (Å²) in [6, 6.07) is 15.3. The fourth-order valence-electron chi connectivity index (χ4n) is 2.99. The summed E-state index contributed by atoms with van der Waals surface area (Å²) < 4.78 is 0. The highest BCUT2D eigenvalue weighted by molar-refractivity contribution is 6.30. The van der Waals surface area contributed by atoms with Crippen LogP contribution in [0.1, 0.15) is 33.8 Å². The molecule has 0 aromatic heterocycles. The van der Waals surface area contributed by atoms with E-state index in [-0.39, 0.29) is 0 Å². The van der Waals surface area contributed by atoms with Gasteiger partial charge in [0.2, 0.25) is 0 Å². The van der Waals surface area contributed by atoms with Crippen LogP contribution in [0.3, 0.4) is 0 Å². The fraction of sp³-hybridized carbons (Fsp3) is 0.278. The predicted molar refractivity (Wildman–Crippen MR) is 87.5 cm³/mol. The topological polar surface area (TPSA) is 40.5 Å². The van der Waals surface area contributed by atoms with Crippen molar-refractivity contribution in [2.75, 3.05) is 13.1 Å². The number of nitrogens with zero attached hydrogens (tertiary/aromatic N) is 1. The van der Waals surface area contributed by atoms with Crippen LogP contribution in [0.2, 0.25) is 5.02 Å². The zero-order chi connectivity index (χ0) is 15.5. The third kappa shape index (κ3) is 3.49. The molecule has 3 nitrogen and oxygen atoms in total. The van der Waals surface area contributed by atoms with E-state index < -0.39 is 5.97 Å². The molecule has 1 N–H and O–H groups in total. The van der Waals surface area contributed by atoms with Crippen LogP contribution in [-0.2, 0) is 6.54 Å². The van der Waals surface area contributed by atoms with Crippen LogP contribution in [0.15, 0.2) is 48.5 Å². The summed E-state index contributed by atoms with van der Waals surface area (Å²) in [7, 11) is 0. The molecule has 1 unspecified atom stereocenters. The van der Waals surface area contributed by atoms with Gasteiger partial charge >= 0.3 is 5.97 Å². The quantitative estimate of drug-likeness (QED) is 0.926. The summed E-state index contributed by atoms with van der Waals surface area (Å²) in [5.41, 5.74) is 2.83. The summed E-state index contributed by atoms with van der Waals surface area (Å²) >= 11 is 5.94. The molecule has 1 atom stereocenters. The maximum atomic E-state index is 10.9. The van der Waals surface area contributed by atoms with Crippen LogP contribution in [-0.4, -0.2) is 29.1 Å². The monoisotopic (exact) mass is 315 g/mol. The minimum absolute atomic E-state index is 0.337. The molecule has 1 saturated heterocycles. The number of hydrogen-bond donors (Lipinski definition) is 1. The number of aromatic carboxylic acids is 1. The molecule has 0 amide bonds. The number of benzene rings is 2. The van der Waals surface area contributed by atoms with Crippen LogP contribution in [0.5, 0.6) is 0 Å². The lowest BCUT2D eigenvalue weighted by Crippen LogP contribution is -2.19. The van der Waals surface area contributed by atoms with Crippen molar-refractivity contribution in [1.29, 1.82) is 0 Å². The van der Waals surface area contributed by atoms with Gasteiger partial charge in [0.1, 0.15) is 0 Å². The van der Waals surface area contributed by atoms with Crippen molar-refractivity contribution >= 4 is 17.6 Å². The third-order valence-corrected chi connectivity index (χ3v) is 4.47. The Balaban J connectivity index is 1.61. The Hall–Kier alpha value is -1.84. The highest BCUT2D eigenvalue weighted by Crippen LogP contribution is 2.28. The molecule has 22 heavy (non-hydrogen) atoms. The summed E-state index contributed by atoms with van der Waals surface area (Å²) in [4.78, 5) is 13.3. The van der Waals surface area contributed by atoms with Gasteiger partial charge in [0, 0.05) is 18.1 Å². The van der Waals surface area contributed by atoms with Gasteiger partial charge in [-0.15, -0.1) is 0 Å². The fourth-order valence-corrected chi connectivity index (χ4v) is 3.12. The molecule has 0 aliphatic carbocycles. The number of carboxylic acids is 1. The lowest BCUT2D eigenvalue weighted by Gasteiger charge is -2.16. The number of rotatable bonds is 4. The SMILES string of the molecule is O=C(O)c1ccc(CN2CCC(c3ccc(Cl)cc3)C2)cc1. The smallest absolute Gasteiger partial charge is 0.335 e. The molecule has 2 aromatic rings. The predicted octanol–water partition coefficient (Wildman–Crippen LogP) is 4.03. The number of carbonyl (C=O) groups is 1. The van der Waals surface area contributed by atoms with E-state index in [4.69, 9.17) is 16.7 Å². The lowest BCUT2D eigenvalue weighted by molar-refractivity contribution is 0.0697. The molecule has 1 aliphatic heterocycles. The molecule has 114 valence electrons. The van der Waals surface area contributed by atoms with E-state index in [0.29, 0.717) is 11.5 Å². The van der Waals surface area contributed by atoms with Crippen LogP contribution in [0.25, 0.3) is 0 Å². The summed E-state index contributed by atoms with van der Waals surface area (Å²) in [5.74, 6) is -0.328. The summed E-state index contributed by atoms with van der Waals surface area (Å²) in [6.45, 7) is 2.96. The normalized spacial score (nSPS) is 18.5. The average Bonchev–Trinajstić information content (AvgIpc) is 2.97. The van der Waals surface area contributed by atoms with Crippen molar-refractivity contribution in [3.8, 4) is 0 Å². The molecular weight excluding hydrogens is 298 g/mol. The Morgan fingerprint density at radius 1 is 1.14 bits per heavy atom. The van der Waals surface area contributed by atoms with E-state index in [0.717, 1.165) is 36.6 Å². The zero-order valence-corrected chi connectivity index (χ0v) is 13.0. The number of hydrogen-bond acceptors (Lipinski definition) is 2. The van der Waals surface area contributed by atoms with Crippen molar-refractivity contribution in [1.82, 2.24) is 4.90 Å². The van der Waals surface area contributed by atoms with Crippen LogP contribution < -0.4 is 0 Å². The first-order chi connectivity index (χ1) is 10.6. The summed E-state index contributed by atoms with van der Waals surface area (Å²) in [6.07, 6.45) is 1.15. The maximum absolute atomic E-state index is 10.9. The molecule has 4 heteroatoms. The van der Waals surface area contributed by atoms with Crippen molar-refractivity contribution in [3.05, 3.63) is 70.2 Å². The van der Waals surface area contributed by atoms with Gasteiger partial charge in [0.15, 0.2) is 0 Å². The zero-order valence-electron chi connectivity index (χ0n) is 12.2. The first-order valence-electron chi connectivity index (χ1n) is 7.42. The van der Waals surface area contributed by atoms with Crippen LogP contribution in [0.4, 0.5) is 0 Å². The third-order valence-electron chi connectivity index (χ3n) is 4.22. The number of halogens is 1. The minimum Gasteiger partial charge on any atom is -0.478 e. The standard InChI is InChI=1S/C18H18ClNO2/c19-17-7-5-14(6-8-17)16-9-10-20(12-16)11-13-1-3-15(4-2-13)18(21)22/h1-8,16H,9-12H2,(H,21,22). The number of carboxylic acid groups (broad SMARTS) is 1. The van der Waals surface area contributed by atoms with E-state index in [2.05, 4.69) is 17.0 Å². The largest absolute Gasteiger partial charge is 0.478 e. The highest BCUT2D eigenvalue weighted by atomic mass is 35.5. The molecule has 0 spiro atoms. The van der Waals surface area contributed by atoms with E-state index in [1.54, 1.807) is 12.1 Å². The van der Waals surface area contributed by atoms with Crippen molar-refractivity contribution < 1.29 is 9.90 Å². The Bertz CT molecular complexity index is 652.